The number of hydrogen-bond donors (Lipinski definition) is 1. The van der Waals surface area contributed by atoms with Gasteiger partial charge in [-0.25, -0.2) is 9.37 Å². The first-order chi connectivity index (χ1) is 16.4. The number of nitrogens with zero attached hydrogens (tertiary/aromatic N) is 4. The highest BCUT2D eigenvalue weighted by atomic mass is 19.1. The van der Waals surface area contributed by atoms with Gasteiger partial charge in [0, 0.05) is 18.0 Å². The Morgan fingerprint density at radius 3 is 2.41 bits per heavy atom. The zero-order valence-electron chi connectivity index (χ0n) is 18.2. The van der Waals surface area contributed by atoms with E-state index >= 15 is 0 Å². The van der Waals surface area contributed by atoms with Crippen molar-refractivity contribution in [3.05, 3.63) is 113 Å². The molecular weight excluding hydrogens is 429 g/mol. The number of imidazole rings is 1. The molecule has 5 rings (SSSR count). The zero-order chi connectivity index (χ0) is 23.9. The van der Waals surface area contributed by atoms with Crippen molar-refractivity contribution in [2.75, 3.05) is 0 Å². The van der Waals surface area contributed by atoms with E-state index in [0.29, 0.717) is 50.2 Å². The molecule has 0 amide bonds. The highest BCUT2D eigenvalue weighted by Gasteiger charge is 2.38. The van der Waals surface area contributed by atoms with E-state index in [-0.39, 0.29) is 5.82 Å². The molecule has 1 atom stereocenters. The third kappa shape index (κ3) is 3.32. The molecule has 0 radical (unpaired) electrons. The van der Waals surface area contributed by atoms with E-state index < -0.39 is 5.54 Å². The molecule has 2 N–H and O–H groups in total. The summed E-state index contributed by atoms with van der Waals surface area (Å²) < 4.78 is 22.2. The first kappa shape index (κ1) is 21.1. The van der Waals surface area contributed by atoms with Gasteiger partial charge in [0.05, 0.1) is 41.5 Å². The number of rotatable bonds is 4. The zero-order valence-corrected chi connectivity index (χ0v) is 18.2. The Balaban J connectivity index is 1.80. The molecule has 0 spiro atoms. The van der Waals surface area contributed by atoms with Crippen molar-refractivity contribution in [2.24, 2.45) is 12.8 Å². The van der Waals surface area contributed by atoms with E-state index in [9.17, 15) is 14.9 Å². The Morgan fingerprint density at radius 2 is 1.76 bits per heavy atom. The van der Waals surface area contributed by atoms with E-state index in [1.54, 1.807) is 71.7 Å². The summed E-state index contributed by atoms with van der Waals surface area (Å²) in [5.41, 5.74) is 9.80. The second kappa shape index (κ2) is 8.00. The molecule has 0 aliphatic rings. The van der Waals surface area contributed by atoms with Gasteiger partial charge in [0.25, 0.3) is 0 Å². The molecule has 6 nitrogen and oxygen atoms in total. The molecule has 7 heteroatoms. The summed E-state index contributed by atoms with van der Waals surface area (Å²) in [6.45, 7) is 0. The van der Waals surface area contributed by atoms with E-state index in [4.69, 9.17) is 10.2 Å². The van der Waals surface area contributed by atoms with Crippen molar-refractivity contribution in [1.82, 2.24) is 9.55 Å². The van der Waals surface area contributed by atoms with E-state index in [1.807, 2.05) is 7.05 Å². The van der Waals surface area contributed by atoms with Crippen molar-refractivity contribution < 1.29 is 8.81 Å². The Labute approximate surface area is 194 Å². The summed E-state index contributed by atoms with van der Waals surface area (Å²) in [5.74, 6) is 0.0315. The van der Waals surface area contributed by atoms with Crippen molar-refractivity contribution in [2.45, 2.75) is 5.54 Å². The Kier molecular flexibility index (Phi) is 4.98. The van der Waals surface area contributed by atoms with Gasteiger partial charge >= 0.3 is 0 Å². The van der Waals surface area contributed by atoms with Gasteiger partial charge in [0.1, 0.15) is 22.7 Å². The fraction of sp³-hybridized carbons (Fsp3) is 0.0741. The number of fused-ring (bicyclic) bond motifs is 1. The molecule has 3 aromatic carbocycles. The predicted molar refractivity (Wildman–Crippen MR) is 125 cm³/mol. The first-order valence-corrected chi connectivity index (χ1v) is 10.4. The van der Waals surface area contributed by atoms with Crippen LogP contribution >= 0.6 is 0 Å². The van der Waals surface area contributed by atoms with Gasteiger partial charge < -0.3 is 14.7 Å². The third-order valence-electron chi connectivity index (χ3n) is 5.96. The van der Waals surface area contributed by atoms with Crippen LogP contribution in [0, 0.1) is 28.5 Å². The number of furan rings is 1. The molecule has 0 unspecified atom stereocenters. The molecule has 0 bridgehead atoms. The molecule has 0 aliphatic carbocycles. The van der Waals surface area contributed by atoms with Gasteiger partial charge in [-0.1, -0.05) is 24.3 Å². The van der Waals surface area contributed by atoms with Gasteiger partial charge in [0.2, 0.25) is 0 Å². The number of aryl methyl sites for hydroxylation is 1. The van der Waals surface area contributed by atoms with Gasteiger partial charge in [-0.2, -0.15) is 10.5 Å². The van der Waals surface area contributed by atoms with Crippen LogP contribution in [-0.4, -0.2) is 9.55 Å². The lowest BCUT2D eigenvalue weighted by molar-refractivity contribution is 0.445. The minimum Gasteiger partial charge on any atom is -0.458 e. The lowest BCUT2D eigenvalue weighted by Gasteiger charge is -2.28. The number of halogens is 1. The largest absolute Gasteiger partial charge is 0.458 e. The number of nitrogens with two attached hydrogens (primary N) is 1. The van der Waals surface area contributed by atoms with Crippen LogP contribution < -0.4 is 5.73 Å². The number of aromatic nitrogens is 2. The van der Waals surface area contributed by atoms with Gasteiger partial charge in [-0.15, -0.1) is 0 Å². The first-order valence-electron chi connectivity index (χ1n) is 10.4. The van der Waals surface area contributed by atoms with Crippen molar-refractivity contribution in [3.63, 3.8) is 0 Å². The topological polar surface area (TPSA) is 105 Å². The maximum Gasteiger partial charge on any atom is 0.142 e. The van der Waals surface area contributed by atoms with E-state index in [1.165, 1.54) is 12.1 Å². The summed E-state index contributed by atoms with van der Waals surface area (Å²) >= 11 is 0. The van der Waals surface area contributed by atoms with Crippen LogP contribution in [0.2, 0.25) is 0 Å². The van der Waals surface area contributed by atoms with Gasteiger partial charge in [0.15, 0.2) is 0 Å². The monoisotopic (exact) mass is 447 g/mol. The maximum absolute atomic E-state index is 14.0. The molecule has 2 aromatic heterocycles. The predicted octanol–water partition coefficient (Wildman–Crippen LogP) is 4.97. The lowest BCUT2D eigenvalue weighted by atomic mass is 9.84. The summed E-state index contributed by atoms with van der Waals surface area (Å²) in [4.78, 5) is 4.23. The Bertz CT molecular complexity index is 1620. The molecule has 2 heterocycles. The van der Waals surface area contributed by atoms with Crippen LogP contribution in [-0.2, 0) is 12.6 Å². The average Bonchev–Trinajstić information content (AvgIpc) is 3.49. The molecule has 0 saturated carbocycles. The summed E-state index contributed by atoms with van der Waals surface area (Å²) in [7, 11) is 1.84. The molecule has 0 fully saturated rings. The summed E-state index contributed by atoms with van der Waals surface area (Å²) in [6.07, 6.45) is 3.31. The molecule has 5 aromatic rings. The fourth-order valence-electron chi connectivity index (χ4n) is 4.24. The fourth-order valence-corrected chi connectivity index (χ4v) is 4.24. The minimum atomic E-state index is -1.25. The molecule has 164 valence electrons. The van der Waals surface area contributed by atoms with Gasteiger partial charge in [-0.3, -0.25) is 0 Å². The lowest BCUT2D eigenvalue weighted by Crippen LogP contribution is -2.40. The highest BCUT2D eigenvalue weighted by Crippen LogP contribution is 2.40. The van der Waals surface area contributed by atoms with Crippen LogP contribution in [0.3, 0.4) is 0 Å². The molecule has 0 aliphatic heterocycles. The quantitative estimate of drug-likeness (QED) is 0.419. The SMILES string of the molecule is Cn1cncc1[C@@](N)(c1ccc(C#N)cc1)c1cc2cc(C#N)cc(-c3cccc(F)c3)c2o1. The second-order valence-corrected chi connectivity index (χ2v) is 8.06. The summed E-state index contributed by atoms with van der Waals surface area (Å²) in [5, 5.41) is 19.5. The average molecular weight is 447 g/mol. The normalized spacial score (nSPS) is 12.7. The van der Waals surface area contributed by atoms with Crippen molar-refractivity contribution >= 4 is 11.0 Å². The maximum atomic E-state index is 14.0. The smallest absolute Gasteiger partial charge is 0.142 e. The third-order valence-corrected chi connectivity index (χ3v) is 5.96. The minimum absolute atomic E-state index is 0.388. The number of benzene rings is 3. The van der Waals surface area contributed by atoms with E-state index in [2.05, 4.69) is 17.1 Å². The highest BCUT2D eigenvalue weighted by molar-refractivity contribution is 5.94. The second-order valence-electron chi connectivity index (χ2n) is 8.06. The number of nitriles is 2. The number of hydrogen-bond acceptors (Lipinski definition) is 5. The Hall–Kier alpha value is -4.72. The Morgan fingerprint density at radius 1 is 1.00 bits per heavy atom. The standard InChI is InChI=1S/C27H18FN5O/c1-33-16-32-15-24(33)27(31,21-7-5-17(13-29)6-8-21)25-12-20-9-18(14-30)10-23(26(20)34-25)19-3-2-4-22(28)11-19/h2-12,15-16H,31H2,1H3/t27-/m0/s1. The van der Waals surface area contributed by atoms with E-state index in [0.717, 1.165) is 0 Å². The van der Waals surface area contributed by atoms with Crippen LogP contribution in [0.5, 0.6) is 0 Å². The van der Waals surface area contributed by atoms with Crippen molar-refractivity contribution in [1.29, 1.82) is 10.5 Å². The molecule has 0 saturated heterocycles. The molecule has 34 heavy (non-hydrogen) atoms. The van der Waals surface area contributed by atoms with Gasteiger partial charge in [-0.05, 0) is 53.6 Å². The molecular formula is C27H18FN5O. The van der Waals surface area contributed by atoms with Crippen molar-refractivity contribution in [3.8, 4) is 23.3 Å². The van der Waals surface area contributed by atoms with Crippen LogP contribution in [0.4, 0.5) is 4.39 Å². The van der Waals surface area contributed by atoms with Crippen LogP contribution in [0.25, 0.3) is 22.1 Å². The summed E-state index contributed by atoms with van der Waals surface area (Å²) in [6, 6.07) is 22.6. The van der Waals surface area contributed by atoms with Crippen LogP contribution in [0.1, 0.15) is 28.1 Å². The van der Waals surface area contributed by atoms with Crippen LogP contribution in [0.15, 0.2) is 83.7 Å².